The van der Waals surface area contributed by atoms with Crippen LogP contribution in [0.1, 0.15) is 33.3 Å². The Morgan fingerprint density at radius 1 is 1.30 bits per heavy atom. The van der Waals surface area contributed by atoms with E-state index < -0.39 is 12.0 Å². The van der Waals surface area contributed by atoms with E-state index in [4.69, 9.17) is 9.84 Å². The quantitative estimate of drug-likeness (QED) is 0.768. The average Bonchev–Trinajstić information content (AvgIpc) is 2.36. The van der Waals surface area contributed by atoms with Crippen LogP contribution in [0.5, 0.6) is 5.75 Å². The number of aliphatic carboxylic acids is 1. The van der Waals surface area contributed by atoms with Crippen LogP contribution in [0.15, 0.2) is 24.3 Å². The molecule has 0 bridgehead atoms. The molecule has 0 aliphatic carbocycles. The van der Waals surface area contributed by atoms with Crippen LogP contribution in [0.2, 0.25) is 0 Å². The zero-order valence-electron chi connectivity index (χ0n) is 12.7. The number of benzene rings is 1. The van der Waals surface area contributed by atoms with Gasteiger partial charge in [0.1, 0.15) is 11.8 Å². The highest BCUT2D eigenvalue weighted by Crippen LogP contribution is 2.15. The van der Waals surface area contributed by atoms with Crippen molar-refractivity contribution < 1.29 is 14.6 Å². The third-order valence-corrected chi connectivity index (χ3v) is 2.94. The Morgan fingerprint density at radius 3 is 2.55 bits per heavy atom. The third kappa shape index (κ3) is 5.61. The summed E-state index contributed by atoms with van der Waals surface area (Å²) in [6.07, 6.45) is 0. The minimum Gasteiger partial charge on any atom is -0.493 e. The number of ether oxygens (including phenoxy) is 1. The highest BCUT2D eigenvalue weighted by Gasteiger charge is 2.20. The highest BCUT2D eigenvalue weighted by molar-refractivity contribution is 5.73. The van der Waals surface area contributed by atoms with Gasteiger partial charge < -0.3 is 15.2 Å². The Bertz CT molecular complexity index is 429. The molecule has 0 amide bonds. The van der Waals surface area contributed by atoms with E-state index in [9.17, 15) is 4.79 Å². The molecule has 20 heavy (non-hydrogen) atoms. The average molecular weight is 279 g/mol. The molecule has 2 N–H and O–H groups in total. The first kappa shape index (κ1) is 16.5. The van der Waals surface area contributed by atoms with Crippen molar-refractivity contribution in [2.24, 2.45) is 11.8 Å². The molecule has 4 heteroatoms. The number of hydrogen-bond acceptors (Lipinski definition) is 3. The predicted octanol–water partition coefficient (Wildman–Crippen LogP) is 2.92. The van der Waals surface area contributed by atoms with E-state index in [1.54, 1.807) is 0 Å². The van der Waals surface area contributed by atoms with Gasteiger partial charge in [0.2, 0.25) is 0 Å². The number of hydrogen-bond donors (Lipinski definition) is 2. The van der Waals surface area contributed by atoms with Crippen LogP contribution in [-0.2, 0) is 11.3 Å². The second-order valence-electron chi connectivity index (χ2n) is 5.79. The van der Waals surface area contributed by atoms with Gasteiger partial charge >= 0.3 is 5.97 Å². The van der Waals surface area contributed by atoms with Crippen LogP contribution < -0.4 is 10.1 Å². The van der Waals surface area contributed by atoms with Crippen LogP contribution in [0.4, 0.5) is 0 Å². The van der Waals surface area contributed by atoms with Gasteiger partial charge in [0.15, 0.2) is 0 Å². The van der Waals surface area contributed by atoms with Gasteiger partial charge in [0.05, 0.1) is 6.61 Å². The number of carboxylic acid groups (broad SMARTS) is 1. The lowest BCUT2D eigenvalue weighted by Gasteiger charge is -2.18. The van der Waals surface area contributed by atoms with Crippen molar-refractivity contribution in [3.05, 3.63) is 29.8 Å². The van der Waals surface area contributed by atoms with Crippen LogP contribution in [-0.4, -0.2) is 23.7 Å². The molecule has 0 spiro atoms. The minimum absolute atomic E-state index is 0.0490. The van der Waals surface area contributed by atoms with Gasteiger partial charge in [-0.3, -0.25) is 4.79 Å². The molecule has 0 unspecified atom stereocenters. The smallest absolute Gasteiger partial charge is 0.320 e. The summed E-state index contributed by atoms with van der Waals surface area (Å²) in [4.78, 5) is 11.1. The first-order chi connectivity index (χ1) is 9.40. The summed E-state index contributed by atoms with van der Waals surface area (Å²) in [6.45, 7) is 9.20. The maximum Gasteiger partial charge on any atom is 0.320 e. The van der Waals surface area contributed by atoms with Gasteiger partial charge in [0, 0.05) is 6.54 Å². The van der Waals surface area contributed by atoms with Crippen molar-refractivity contribution in [3.8, 4) is 5.75 Å². The van der Waals surface area contributed by atoms with Crippen molar-refractivity contribution in [1.29, 1.82) is 0 Å². The summed E-state index contributed by atoms with van der Waals surface area (Å²) >= 11 is 0. The van der Waals surface area contributed by atoms with Gasteiger partial charge in [-0.05, 0) is 29.5 Å². The molecule has 0 aliphatic rings. The van der Waals surface area contributed by atoms with Crippen molar-refractivity contribution in [2.45, 2.75) is 40.3 Å². The lowest BCUT2D eigenvalue weighted by molar-refractivity contribution is -0.140. The standard InChI is InChI=1S/C16H25NO3/c1-11(2)10-20-14-7-5-6-13(8-14)9-17-15(12(3)4)16(18)19/h5-8,11-12,15,17H,9-10H2,1-4H3,(H,18,19)/t15-/m0/s1. The minimum atomic E-state index is -0.813. The monoisotopic (exact) mass is 279 g/mol. The zero-order chi connectivity index (χ0) is 15.1. The molecule has 0 heterocycles. The SMILES string of the molecule is CC(C)COc1cccc(CN[C@H](C(=O)O)C(C)C)c1. The van der Waals surface area contributed by atoms with Crippen LogP contribution in [0.3, 0.4) is 0 Å². The van der Waals surface area contributed by atoms with E-state index in [-0.39, 0.29) is 5.92 Å². The number of nitrogens with one attached hydrogen (secondary N) is 1. The summed E-state index contributed by atoms with van der Waals surface area (Å²) in [5.41, 5.74) is 1.03. The fraction of sp³-hybridized carbons (Fsp3) is 0.562. The molecule has 0 fully saturated rings. The van der Waals surface area contributed by atoms with Crippen LogP contribution >= 0.6 is 0 Å². The largest absolute Gasteiger partial charge is 0.493 e. The van der Waals surface area contributed by atoms with E-state index in [0.717, 1.165) is 11.3 Å². The second-order valence-corrected chi connectivity index (χ2v) is 5.79. The van der Waals surface area contributed by atoms with Crippen LogP contribution in [0.25, 0.3) is 0 Å². The van der Waals surface area contributed by atoms with Gasteiger partial charge in [-0.15, -0.1) is 0 Å². The summed E-state index contributed by atoms with van der Waals surface area (Å²) in [6, 6.07) is 7.24. The summed E-state index contributed by atoms with van der Waals surface area (Å²) in [5.74, 6) is 0.545. The number of carboxylic acids is 1. The summed E-state index contributed by atoms with van der Waals surface area (Å²) in [7, 11) is 0. The van der Waals surface area contributed by atoms with Crippen molar-refractivity contribution in [1.82, 2.24) is 5.32 Å². The fourth-order valence-corrected chi connectivity index (χ4v) is 1.84. The molecule has 1 rings (SSSR count). The molecular formula is C16H25NO3. The molecule has 0 aromatic heterocycles. The molecule has 1 aromatic carbocycles. The molecular weight excluding hydrogens is 254 g/mol. The first-order valence-corrected chi connectivity index (χ1v) is 7.08. The Morgan fingerprint density at radius 2 is 2.00 bits per heavy atom. The van der Waals surface area contributed by atoms with Crippen LogP contribution in [0, 0.1) is 11.8 Å². The van der Waals surface area contributed by atoms with Crippen molar-refractivity contribution in [2.75, 3.05) is 6.61 Å². The van der Waals surface area contributed by atoms with Gasteiger partial charge in [-0.25, -0.2) is 0 Å². The summed E-state index contributed by atoms with van der Waals surface area (Å²) < 4.78 is 5.67. The summed E-state index contributed by atoms with van der Waals surface area (Å²) in [5, 5.41) is 12.2. The van der Waals surface area contributed by atoms with E-state index in [0.29, 0.717) is 19.1 Å². The molecule has 1 aromatic rings. The predicted molar refractivity (Wildman–Crippen MR) is 79.9 cm³/mol. The molecule has 0 saturated heterocycles. The number of rotatable bonds is 8. The van der Waals surface area contributed by atoms with E-state index in [2.05, 4.69) is 19.2 Å². The maximum atomic E-state index is 11.1. The lowest BCUT2D eigenvalue weighted by atomic mass is 10.0. The molecule has 4 nitrogen and oxygen atoms in total. The maximum absolute atomic E-state index is 11.1. The van der Waals surface area contributed by atoms with Gasteiger partial charge in [-0.1, -0.05) is 39.8 Å². The fourth-order valence-electron chi connectivity index (χ4n) is 1.84. The van der Waals surface area contributed by atoms with Gasteiger partial charge in [0.25, 0.3) is 0 Å². The first-order valence-electron chi connectivity index (χ1n) is 7.08. The van der Waals surface area contributed by atoms with Crippen molar-refractivity contribution >= 4 is 5.97 Å². The number of carbonyl (C=O) groups is 1. The van der Waals surface area contributed by atoms with Gasteiger partial charge in [-0.2, -0.15) is 0 Å². The lowest BCUT2D eigenvalue weighted by Crippen LogP contribution is -2.40. The molecule has 0 aliphatic heterocycles. The molecule has 0 radical (unpaired) electrons. The Kier molecular flexibility index (Phi) is 6.52. The topological polar surface area (TPSA) is 58.6 Å². The molecule has 1 atom stereocenters. The molecule has 112 valence electrons. The van der Waals surface area contributed by atoms with E-state index >= 15 is 0 Å². The highest BCUT2D eigenvalue weighted by atomic mass is 16.5. The van der Waals surface area contributed by atoms with Crippen molar-refractivity contribution in [3.63, 3.8) is 0 Å². The zero-order valence-corrected chi connectivity index (χ0v) is 12.7. The Labute approximate surface area is 121 Å². The Balaban J connectivity index is 2.59. The van der Waals surface area contributed by atoms with E-state index in [1.807, 2.05) is 38.1 Å². The molecule has 0 saturated carbocycles. The van der Waals surface area contributed by atoms with E-state index in [1.165, 1.54) is 0 Å². The second kappa shape index (κ2) is 7.90. The Hall–Kier alpha value is -1.55. The normalized spacial score (nSPS) is 12.7. The third-order valence-electron chi connectivity index (χ3n) is 2.94.